The van der Waals surface area contributed by atoms with E-state index in [0.717, 1.165) is 36.4 Å². The molecular formula is C19H29ClN2O. The Balaban J connectivity index is 1.29. The van der Waals surface area contributed by atoms with Crippen molar-refractivity contribution in [3.8, 4) is 5.75 Å². The average molecular weight is 337 g/mol. The van der Waals surface area contributed by atoms with Gasteiger partial charge >= 0.3 is 0 Å². The second kappa shape index (κ2) is 8.91. The lowest BCUT2D eigenvalue weighted by atomic mass is 10.00. The molecule has 0 aromatic heterocycles. The number of hydrogen-bond donors (Lipinski definition) is 0. The molecule has 2 heterocycles. The summed E-state index contributed by atoms with van der Waals surface area (Å²) in [6.07, 6.45) is 8.03. The summed E-state index contributed by atoms with van der Waals surface area (Å²) in [5.74, 6) is 0.915. The predicted octanol–water partition coefficient (Wildman–Crippen LogP) is 4.06. The number of ether oxygens (including phenoxy) is 1. The van der Waals surface area contributed by atoms with Crippen LogP contribution in [0, 0.1) is 0 Å². The summed E-state index contributed by atoms with van der Waals surface area (Å²) in [6.45, 7) is 7.11. The second-order valence-electron chi connectivity index (χ2n) is 6.83. The summed E-state index contributed by atoms with van der Waals surface area (Å²) in [4.78, 5) is 5.34. The van der Waals surface area contributed by atoms with Crippen LogP contribution in [-0.2, 0) is 0 Å². The first-order chi connectivity index (χ1) is 11.3. The zero-order valence-electron chi connectivity index (χ0n) is 14.1. The number of nitrogens with zero attached hydrogens (tertiary/aromatic N) is 2. The molecule has 1 aromatic rings. The van der Waals surface area contributed by atoms with Gasteiger partial charge in [0, 0.05) is 17.6 Å². The van der Waals surface area contributed by atoms with E-state index in [1.807, 2.05) is 24.3 Å². The quantitative estimate of drug-likeness (QED) is 0.729. The third-order valence-corrected chi connectivity index (χ3v) is 5.42. The summed E-state index contributed by atoms with van der Waals surface area (Å²) in [7, 11) is 0. The fraction of sp³-hybridized carbons (Fsp3) is 0.684. The van der Waals surface area contributed by atoms with E-state index < -0.39 is 0 Å². The molecule has 0 spiro atoms. The van der Waals surface area contributed by atoms with E-state index in [1.54, 1.807) is 0 Å². The number of likely N-dealkylation sites (tertiary alicyclic amines) is 2. The lowest BCUT2D eigenvalue weighted by molar-refractivity contribution is 0.0901. The van der Waals surface area contributed by atoms with Crippen molar-refractivity contribution >= 4 is 11.6 Å². The van der Waals surface area contributed by atoms with E-state index >= 15 is 0 Å². The van der Waals surface area contributed by atoms with Crippen molar-refractivity contribution in [2.45, 2.75) is 44.6 Å². The Hall–Kier alpha value is -0.770. The minimum atomic E-state index is 0.758. The lowest BCUT2D eigenvalue weighted by Gasteiger charge is -2.40. The Kier molecular flexibility index (Phi) is 6.61. The Morgan fingerprint density at radius 1 is 0.957 bits per heavy atom. The van der Waals surface area contributed by atoms with Gasteiger partial charge in [-0.1, -0.05) is 18.0 Å². The van der Waals surface area contributed by atoms with Crippen LogP contribution in [-0.4, -0.2) is 55.2 Å². The Morgan fingerprint density at radius 2 is 1.65 bits per heavy atom. The van der Waals surface area contributed by atoms with E-state index in [9.17, 15) is 0 Å². The SMILES string of the molecule is Clc1ccc(OCCCN2CCC(N3CCCCC3)CC2)cc1. The summed E-state index contributed by atoms with van der Waals surface area (Å²) >= 11 is 5.88. The van der Waals surface area contributed by atoms with Crippen LogP contribution in [0.4, 0.5) is 0 Å². The molecule has 2 aliphatic rings. The normalized spacial score (nSPS) is 21.4. The number of halogens is 1. The molecule has 0 bridgehead atoms. The summed E-state index contributed by atoms with van der Waals surface area (Å²) < 4.78 is 5.77. The predicted molar refractivity (Wildman–Crippen MR) is 96.5 cm³/mol. The zero-order valence-corrected chi connectivity index (χ0v) is 14.8. The molecule has 0 N–H and O–H groups in total. The van der Waals surface area contributed by atoms with Crippen molar-refractivity contribution in [3.63, 3.8) is 0 Å². The number of hydrogen-bond acceptors (Lipinski definition) is 3. The van der Waals surface area contributed by atoms with E-state index in [2.05, 4.69) is 9.80 Å². The first-order valence-corrected chi connectivity index (χ1v) is 9.54. The molecule has 0 unspecified atom stereocenters. The highest BCUT2D eigenvalue weighted by Crippen LogP contribution is 2.21. The van der Waals surface area contributed by atoms with Crippen LogP contribution in [0.3, 0.4) is 0 Å². The first kappa shape index (κ1) is 17.1. The van der Waals surface area contributed by atoms with Crippen molar-refractivity contribution in [1.82, 2.24) is 9.80 Å². The zero-order chi connectivity index (χ0) is 15.9. The van der Waals surface area contributed by atoms with Crippen molar-refractivity contribution in [3.05, 3.63) is 29.3 Å². The molecule has 0 aliphatic carbocycles. The minimum Gasteiger partial charge on any atom is -0.494 e. The summed E-state index contributed by atoms with van der Waals surface area (Å²) in [5.41, 5.74) is 0. The molecule has 2 aliphatic heterocycles. The summed E-state index contributed by atoms with van der Waals surface area (Å²) in [6, 6.07) is 8.47. The van der Waals surface area contributed by atoms with Crippen LogP contribution in [0.5, 0.6) is 5.75 Å². The van der Waals surface area contributed by atoms with Gasteiger partial charge in [0.2, 0.25) is 0 Å². The molecule has 0 amide bonds. The van der Waals surface area contributed by atoms with Crippen LogP contribution >= 0.6 is 11.6 Å². The van der Waals surface area contributed by atoms with Gasteiger partial charge in [0.05, 0.1) is 6.61 Å². The molecule has 0 saturated carbocycles. The van der Waals surface area contributed by atoms with E-state index in [0.29, 0.717) is 0 Å². The van der Waals surface area contributed by atoms with Crippen LogP contribution in [0.2, 0.25) is 5.02 Å². The third-order valence-electron chi connectivity index (χ3n) is 5.17. The number of benzene rings is 1. The Morgan fingerprint density at radius 3 is 2.35 bits per heavy atom. The molecule has 4 heteroatoms. The van der Waals surface area contributed by atoms with Crippen LogP contribution in [0.25, 0.3) is 0 Å². The molecule has 2 saturated heterocycles. The van der Waals surface area contributed by atoms with Crippen molar-refractivity contribution in [2.75, 3.05) is 39.3 Å². The van der Waals surface area contributed by atoms with Crippen molar-refractivity contribution < 1.29 is 4.74 Å². The van der Waals surface area contributed by atoms with Gasteiger partial charge in [-0.15, -0.1) is 0 Å². The van der Waals surface area contributed by atoms with Crippen LogP contribution in [0.1, 0.15) is 38.5 Å². The highest BCUT2D eigenvalue weighted by atomic mass is 35.5. The molecule has 0 atom stereocenters. The average Bonchev–Trinajstić information content (AvgIpc) is 2.62. The molecule has 128 valence electrons. The topological polar surface area (TPSA) is 15.7 Å². The van der Waals surface area contributed by atoms with Gasteiger partial charge < -0.3 is 14.5 Å². The monoisotopic (exact) mass is 336 g/mol. The molecule has 2 fully saturated rings. The van der Waals surface area contributed by atoms with Gasteiger partial charge in [-0.25, -0.2) is 0 Å². The minimum absolute atomic E-state index is 0.758. The van der Waals surface area contributed by atoms with E-state index in [-0.39, 0.29) is 0 Å². The molecular weight excluding hydrogens is 308 g/mol. The highest BCUT2D eigenvalue weighted by Gasteiger charge is 2.25. The molecule has 1 aromatic carbocycles. The maximum atomic E-state index is 5.88. The maximum absolute atomic E-state index is 5.88. The van der Waals surface area contributed by atoms with Crippen LogP contribution < -0.4 is 4.74 Å². The first-order valence-electron chi connectivity index (χ1n) is 9.16. The van der Waals surface area contributed by atoms with Crippen molar-refractivity contribution in [1.29, 1.82) is 0 Å². The molecule has 3 rings (SSSR count). The number of rotatable bonds is 6. The molecule has 0 radical (unpaired) electrons. The van der Waals surface area contributed by atoms with Crippen LogP contribution in [0.15, 0.2) is 24.3 Å². The van der Waals surface area contributed by atoms with Gasteiger partial charge in [-0.3, -0.25) is 0 Å². The fourth-order valence-electron chi connectivity index (χ4n) is 3.80. The molecule has 3 nitrogen and oxygen atoms in total. The Bertz CT molecular complexity index is 451. The largest absolute Gasteiger partial charge is 0.494 e. The third kappa shape index (κ3) is 5.37. The van der Waals surface area contributed by atoms with E-state index in [1.165, 1.54) is 58.3 Å². The van der Waals surface area contributed by atoms with Gasteiger partial charge in [0.15, 0.2) is 0 Å². The lowest BCUT2D eigenvalue weighted by Crippen LogP contribution is -2.46. The fourth-order valence-corrected chi connectivity index (χ4v) is 3.93. The van der Waals surface area contributed by atoms with Gasteiger partial charge in [0.1, 0.15) is 5.75 Å². The van der Waals surface area contributed by atoms with Gasteiger partial charge in [-0.2, -0.15) is 0 Å². The Labute approximate surface area is 145 Å². The van der Waals surface area contributed by atoms with E-state index in [4.69, 9.17) is 16.3 Å². The van der Waals surface area contributed by atoms with Gasteiger partial charge in [0.25, 0.3) is 0 Å². The maximum Gasteiger partial charge on any atom is 0.119 e. The van der Waals surface area contributed by atoms with Gasteiger partial charge in [-0.05, 0) is 82.5 Å². The highest BCUT2D eigenvalue weighted by molar-refractivity contribution is 6.30. The molecule has 23 heavy (non-hydrogen) atoms. The number of piperidine rings is 2. The van der Waals surface area contributed by atoms with Crippen molar-refractivity contribution in [2.24, 2.45) is 0 Å². The smallest absolute Gasteiger partial charge is 0.119 e. The standard InChI is InChI=1S/C19H29ClN2O/c20-17-5-7-19(8-6-17)23-16-4-11-21-14-9-18(10-15-21)22-12-2-1-3-13-22/h5-8,18H,1-4,9-16H2. The second-order valence-corrected chi connectivity index (χ2v) is 7.26. The summed E-state index contributed by atoms with van der Waals surface area (Å²) in [5, 5.41) is 0.758.